The van der Waals surface area contributed by atoms with Crippen molar-refractivity contribution in [1.82, 2.24) is 4.31 Å². The van der Waals surface area contributed by atoms with Crippen LogP contribution in [-0.4, -0.2) is 45.6 Å². The molecule has 0 amide bonds. The molecule has 0 aliphatic heterocycles. The Balaban J connectivity index is 3.05. The summed E-state index contributed by atoms with van der Waals surface area (Å²) in [6, 6.07) is 6.28. The molecule has 5 nitrogen and oxygen atoms in total. The van der Waals surface area contributed by atoms with Crippen molar-refractivity contribution in [1.29, 1.82) is 0 Å². The van der Waals surface area contributed by atoms with E-state index in [9.17, 15) is 8.42 Å². The molecule has 21 heavy (non-hydrogen) atoms. The quantitative estimate of drug-likeness (QED) is 0.797. The summed E-state index contributed by atoms with van der Waals surface area (Å²) in [4.78, 5) is 0.255. The van der Waals surface area contributed by atoms with Crippen molar-refractivity contribution in [3.8, 4) is 11.8 Å². The molecule has 0 saturated carbocycles. The average Bonchev–Trinajstić information content (AvgIpc) is 2.46. The summed E-state index contributed by atoms with van der Waals surface area (Å²) in [7, 11) is -1.97. The summed E-state index contributed by atoms with van der Waals surface area (Å²) in [6.45, 7) is 4.66. The number of methoxy groups -OCH3 is 1. The van der Waals surface area contributed by atoms with Gasteiger partial charge in [0.15, 0.2) is 0 Å². The van der Waals surface area contributed by atoms with Crippen molar-refractivity contribution in [3.05, 3.63) is 29.8 Å². The average molecular weight is 310 g/mol. The van der Waals surface area contributed by atoms with E-state index in [1.165, 1.54) is 4.31 Å². The van der Waals surface area contributed by atoms with E-state index in [1.54, 1.807) is 31.4 Å². The molecule has 1 aromatic rings. The van der Waals surface area contributed by atoms with E-state index in [1.807, 2.05) is 13.8 Å². The van der Waals surface area contributed by atoms with Crippen LogP contribution in [0, 0.1) is 11.8 Å². The maximum Gasteiger partial charge on any atom is 0.243 e. The molecule has 0 aliphatic carbocycles. The van der Waals surface area contributed by atoms with Gasteiger partial charge in [0.25, 0.3) is 0 Å². The molecule has 1 rings (SSSR count). The van der Waals surface area contributed by atoms with Gasteiger partial charge in [-0.3, -0.25) is 0 Å². The first-order chi connectivity index (χ1) is 9.97. The van der Waals surface area contributed by atoms with Crippen LogP contribution in [0.2, 0.25) is 0 Å². The summed E-state index contributed by atoms with van der Waals surface area (Å²) < 4.78 is 31.7. The molecule has 0 aliphatic rings. The molecule has 1 aromatic carbocycles. The van der Waals surface area contributed by atoms with Crippen LogP contribution in [0.25, 0.3) is 0 Å². The number of sulfonamides is 1. The molecule has 2 N–H and O–H groups in total. The van der Waals surface area contributed by atoms with Gasteiger partial charge in [-0.25, -0.2) is 8.42 Å². The van der Waals surface area contributed by atoms with Gasteiger partial charge in [0.1, 0.15) is 0 Å². The lowest BCUT2D eigenvalue weighted by Gasteiger charge is -2.26. The molecule has 0 aromatic heterocycles. The second-order valence-electron chi connectivity index (χ2n) is 4.54. The first-order valence-electron chi connectivity index (χ1n) is 6.77. The second-order valence-corrected chi connectivity index (χ2v) is 6.43. The Morgan fingerprint density at radius 1 is 1.33 bits per heavy atom. The van der Waals surface area contributed by atoms with E-state index < -0.39 is 10.0 Å². The van der Waals surface area contributed by atoms with Crippen LogP contribution in [0.5, 0.6) is 0 Å². The monoisotopic (exact) mass is 310 g/mol. The number of rotatable bonds is 6. The van der Waals surface area contributed by atoms with Crippen LogP contribution in [-0.2, 0) is 14.8 Å². The minimum atomic E-state index is -3.53. The number of hydrogen-bond donors (Lipinski definition) is 1. The summed E-state index contributed by atoms with van der Waals surface area (Å²) in [6.07, 6.45) is 0. The van der Waals surface area contributed by atoms with Crippen LogP contribution in [0.3, 0.4) is 0 Å². The Morgan fingerprint density at radius 2 is 1.95 bits per heavy atom. The molecule has 0 radical (unpaired) electrons. The van der Waals surface area contributed by atoms with Gasteiger partial charge in [-0.15, -0.1) is 0 Å². The minimum Gasteiger partial charge on any atom is -0.383 e. The normalized spacial score (nSPS) is 12.8. The molecule has 1 unspecified atom stereocenters. The zero-order chi connectivity index (χ0) is 15.9. The Morgan fingerprint density at radius 3 is 2.43 bits per heavy atom. The third kappa shape index (κ3) is 4.55. The van der Waals surface area contributed by atoms with E-state index in [2.05, 4.69) is 11.8 Å². The predicted molar refractivity (Wildman–Crippen MR) is 83.3 cm³/mol. The number of nitrogens with two attached hydrogens (primary N) is 1. The lowest BCUT2D eigenvalue weighted by Crippen LogP contribution is -2.40. The van der Waals surface area contributed by atoms with Crippen molar-refractivity contribution < 1.29 is 13.2 Å². The van der Waals surface area contributed by atoms with E-state index in [0.29, 0.717) is 13.2 Å². The Kier molecular flexibility index (Phi) is 6.85. The molecular weight excluding hydrogens is 288 g/mol. The number of ether oxygens (including phenoxy) is 1. The first-order valence-corrected chi connectivity index (χ1v) is 8.21. The summed E-state index contributed by atoms with van der Waals surface area (Å²) in [5.41, 5.74) is 6.05. The fourth-order valence-corrected chi connectivity index (χ4v) is 3.67. The van der Waals surface area contributed by atoms with Crippen LogP contribution < -0.4 is 5.73 Å². The Bertz CT molecular complexity index is 600. The van der Waals surface area contributed by atoms with Gasteiger partial charge in [0.2, 0.25) is 10.0 Å². The topological polar surface area (TPSA) is 72.6 Å². The molecule has 0 heterocycles. The van der Waals surface area contributed by atoms with Gasteiger partial charge in [0, 0.05) is 25.3 Å². The maximum atomic E-state index is 12.6. The number of hydrogen-bond acceptors (Lipinski definition) is 4. The van der Waals surface area contributed by atoms with E-state index in [0.717, 1.165) is 5.56 Å². The van der Waals surface area contributed by atoms with E-state index >= 15 is 0 Å². The minimum absolute atomic E-state index is 0.221. The van der Waals surface area contributed by atoms with Crippen LogP contribution in [0.4, 0.5) is 0 Å². The number of likely N-dealkylation sites (N-methyl/N-ethyl adjacent to an activating group) is 1. The summed E-state index contributed by atoms with van der Waals surface area (Å²) in [5.74, 6) is 5.60. The lowest BCUT2D eigenvalue weighted by molar-refractivity contribution is 0.142. The Labute approximate surface area is 127 Å². The maximum absolute atomic E-state index is 12.6. The highest BCUT2D eigenvalue weighted by Crippen LogP contribution is 2.18. The Hall–Kier alpha value is -1.39. The molecule has 116 valence electrons. The number of nitrogens with zero attached hydrogens (tertiary/aromatic N) is 1. The van der Waals surface area contributed by atoms with Crippen molar-refractivity contribution >= 4 is 10.0 Å². The fourth-order valence-electron chi connectivity index (χ4n) is 2.04. The van der Waals surface area contributed by atoms with Crippen LogP contribution >= 0.6 is 0 Å². The molecule has 0 bridgehead atoms. The van der Waals surface area contributed by atoms with Crippen LogP contribution in [0.15, 0.2) is 29.2 Å². The third-order valence-corrected chi connectivity index (χ3v) is 5.11. The van der Waals surface area contributed by atoms with E-state index in [4.69, 9.17) is 10.5 Å². The second kappa shape index (κ2) is 8.15. The summed E-state index contributed by atoms with van der Waals surface area (Å²) in [5, 5.41) is 0. The lowest BCUT2D eigenvalue weighted by atomic mass is 10.2. The molecule has 0 fully saturated rings. The van der Waals surface area contributed by atoms with Gasteiger partial charge >= 0.3 is 0 Å². The van der Waals surface area contributed by atoms with E-state index in [-0.39, 0.29) is 17.5 Å². The van der Waals surface area contributed by atoms with Crippen molar-refractivity contribution in [3.63, 3.8) is 0 Å². The highest BCUT2D eigenvalue weighted by Gasteiger charge is 2.27. The molecule has 0 spiro atoms. The van der Waals surface area contributed by atoms with Crippen LogP contribution in [0.1, 0.15) is 19.4 Å². The van der Waals surface area contributed by atoms with Gasteiger partial charge in [-0.1, -0.05) is 18.8 Å². The smallest absolute Gasteiger partial charge is 0.243 e. The number of benzene rings is 1. The molecule has 1 atom stereocenters. The standard InChI is InChI=1S/C15H22N2O3S/c1-4-17(13(2)12-20-3)21(18,19)15-9-7-14(8-10-15)6-5-11-16/h7-10,13H,4,11-12,16H2,1-3H3. The predicted octanol–water partition coefficient (Wildman–Crippen LogP) is 1.04. The highest BCUT2D eigenvalue weighted by molar-refractivity contribution is 7.89. The largest absolute Gasteiger partial charge is 0.383 e. The third-order valence-electron chi connectivity index (χ3n) is 3.01. The van der Waals surface area contributed by atoms with Gasteiger partial charge < -0.3 is 10.5 Å². The van der Waals surface area contributed by atoms with Crippen molar-refractivity contribution in [2.45, 2.75) is 24.8 Å². The van der Waals surface area contributed by atoms with Gasteiger partial charge in [-0.05, 0) is 31.2 Å². The van der Waals surface area contributed by atoms with Gasteiger partial charge in [-0.2, -0.15) is 4.31 Å². The zero-order valence-corrected chi connectivity index (χ0v) is 13.5. The molecular formula is C15H22N2O3S. The fraction of sp³-hybridized carbons (Fsp3) is 0.467. The molecule has 6 heteroatoms. The highest BCUT2D eigenvalue weighted by atomic mass is 32.2. The first kappa shape index (κ1) is 17.7. The van der Waals surface area contributed by atoms with Crippen molar-refractivity contribution in [2.24, 2.45) is 5.73 Å². The van der Waals surface area contributed by atoms with Crippen molar-refractivity contribution in [2.75, 3.05) is 26.8 Å². The molecule has 0 saturated heterocycles. The zero-order valence-electron chi connectivity index (χ0n) is 12.7. The SMILES string of the molecule is CCN(C(C)COC)S(=O)(=O)c1ccc(C#CCN)cc1. The summed E-state index contributed by atoms with van der Waals surface area (Å²) >= 11 is 0. The van der Waals surface area contributed by atoms with Gasteiger partial charge in [0.05, 0.1) is 18.0 Å².